The molecular formula is C15H18N2O2S. The normalized spacial score (nSPS) is 13.4. The van der Waals surface area contributed by atoms with Crippen LogP contribution < -0.4 is 5.32 Å². The minimum Gasteiger partial charge on any atom is -0.335 e. The van der Waals surface area contributed by atoms with E-state index in [4.69, 9.17) is 0 Å². The van der Waals surface area contributed by atoms with Crippen LogP contribution >= 0.6 is 11.8 Å². The lowest BCUT2D eigenvalue weighted by Crippen LogP contribution is -2.32. The summed E-state index contributed by atoms with van der Waals surface area (Å²) in [7, 11) is 0. The second-order valence-electron chi connectivity index (χ2n) is 4.82. The molecule has 0 radical (unpaired) electrons. The van der Waals surface area contributed by atoms with E-state index in [0.717, 1.165) is 16.2 Å². The number of carbonyl (C=O) groups excluding carboxylic acids is 2. The lowest BCUT2D eigenvalue weighted by Gasteiger charge is -2.22. The third-order valence-corrected chi connectivity index (χ3v) is 4.06. The van der Waals surface area contributed by atoms with Crippen molar-refractivity contribution in [1.82, 2.24) is 4.90 Å². The van der Waals surface area contributed by atoms with E-state index in [1.807, 2.05) is 26.0 Å². The van der Waals surface area contributed by atoms with Crippen LogP contribution in [0.25, 0.3) is 0 Å². The molecule has 0 fully saturated rings. The van der Waals surface area contributed by atoms with Crippen molar-refractivity contribution in [2.24, 2.45) is 0 Å². The average Bonchev–Trinajstić information content (AvgIpc) is 2.43. The summed E-state index contributed by atoms with van der Waals surface area (Å²) in [5, 5.41) is 2.80. The van der Waals surface area contributed by atoms with E-state index in [1.165, 1.54) is 11.8 Å². The molecule has 0 unspecified atom stereocenters. The van der Waals surface area contributed by atoms with Gasteiger partial charge < -0.3 is 10.2 Å². The van der Waals surface area contributed by atoms with Crippen molar-refractivity contribution in [2.45, 2.75) is 18.7 Å². The summed E-state index contributed by atoms with van der Waals surface area (Å²) in [6, 6.07) is 5.46. The minimum atomic E-state index is -0.0388. The number of carbonyl (C=O) groups is 2. The summed E-state index contributed by atoms with van der Waals surface area (Å²) in [4.78, 5) is 26.6. The SMILES string of the molecule is C=C(C)CN(CC)C(=O)c1ccc2c(c1)NC(=O)CS2. The van der Waals surface area contributed by atoms with Crippen molar-refractivity contribution >= 4 is 29.3 Å². The van der Waals surface area contributed by atoms with Crippen LogP contribution in [-0.4, -0.2) is 35.6 Å². The van der Waals surface area contributed by atoms with Gasteiger partial charge in [0.15, 0.2) is 0 Å². The lowest BCUT2D eigenvalue weighted by molar-refractivity contribution is -0.113. The molecule has 0 aliphatic carbocycles. The Morgan fingerprint density at radius 2 is 2.25 bits per heavy atom. The number of nitrogens with zero attached hydrogens (tertiary/aromatic N) is 1. The van der Waals surface area contributed by atoms with Crippen molar-refractivity contribution in [2.75, 3.05) is 24.2 Å². The average molecular weight is 290 g/mol. The summed E-state index contributed by atoms with van der Waals surface area (Å²) < 4.78 is 0. The zero-order valence-electron chi connectivity index (χ0n) is 11.7. The summed E-state index contributed by atoms with van der Waals surface area (Å²) >= 11 is 1.49. The summed E-state index contributed by atoms with van der Waals surface area (Å²) in [5.41, 5.74) is 2.26. The fourth-order valence-electron chi connectivity index (χ4n) is 2.05. The molecule has 106 valence electrons. The maximum Gasteiger partial charge on any atom is 0.254 e. The summed E-state index contributed by atoms with van der Waals surface area (Å²) in [6.45, 7) is 8.87. The Labute approximate surface area is 123 Å². The minimum absolute atomic E-state index is 0.0265. The third-order valence-electron chi connectivity index (χ3n) is 2.99. The highest BCUT2D eigenvalue weighted by atomic mass is 32.2. The van der Waals surface area contributed by atoms with E-state index in [-0.39, 0.29) is 11.8 Å². The van der Waals surface area contributed by atoms with Gasteiger partial charge in [0.1, 0.15) is 0 Å². The van der Waals surface area contributed by atoms with Crippen LogP contribution in [0.1, 0.15) is 24.2 Å². The van der Waals surface area contributed by atoms with Gasteiger partial charge in [-0.2, -0.15) is 0 Å². The first-order chi connectivity index (χ1) is 9.51. The lowest BCUT2D eigenvalue weighted by atomic mass is 10.1. The molecule has 0 saturated carbocycles. The van der Waals surface area contributed by atoms with Gasteiger partial charge in [0.05, 0.1) is 11.4 Å². The van der Waals surface area contributed by atoms with Crippen LogP contribution in [0, 0.1) is 0 Å². The smallest absolute Gasteiger partial charge is 0.254 e. The number of hydrogen-bond donors (Lipinski definition) is 1. The van der Waals surface area contributed by atoms with Crippen LogP contribution in [0.3, 0.4) is 0 Å². The Hall–Kier alpha value is -1.75. The Kier molecular flexibility index (Phi) is 4.49. The molecule has 1 aromatic rings. The fraction of sp³-hybridized carbons (Fsp3) is 0.333. The standard InChI is InChI=1S/C15H18N2O2S/c1-4-17(8-10(2)3)15(19)11-5-6-13-12(7-11)16-14(18)9-20-13/h5-7H,2,4,8-9H2,1,3H3,(H,16,18). The molecule has 20 heavy (non-hydrogen) atoms. The Morgan fingerprint density at radius 1 is 1.50 bits per heavy atom. The molecular weight excluding hydrogens is 272 g/mol. The number of thioether (sulfide) groups is 1. The van der Waals surface area contributed by atoms with Crippen molar-refractivity contribution in [3.8, 4) is 0 Å². The molecule has 4 nitrogen and oxygen atoms in total. The maximum absolute atomic E-state index is 12.4. The Bertz CT molecular complexity index is 569. The molecule has 5 heteroatoms. The zero-order valence-corrected chi connectivity index (χ0v) is 12.5. The van der Waals surface area contributed by atoms with E-state index >= 15 is 0 Å². The molecule has 0 bridgehead atoms. The van der Waals surface area contributed by atoms with Gasteiger partial charge in [-0.3, -0.25) is 9.59 Å². The zero-order chi connectivity index (χ0) is 14.7. The molecule has 1 N–H and O–H groups in total. The predicted octanol–water partition coefficient (Wildman–Crippen LogP) is 2.77. The first-order valence-electron chi connectivity index (χ1n) is 6.51. The first kappa shape index (κ1) is 14.7. The highest BCUT2D eigenvalue weighted by molar-refractivity contribution is 8.00. The van der Waals surface area contributed by atoms with Gasteiger partial charge in [-0.1, -0.05) is 12.2 Å². The molecule has 1 aliphatic heterocycles. The van der Waals surface area contributed by atoms with E-state index in [0.29, 0.717) is 24.4 Å². The number of nitrogens with one attached hydrogen (secondary N) is 1. The highest BCUT2D eigenvalue weighted by Crippen LogP contribution is 2.32. The monoisotopic (exact) mass is 290 g/mol. The number of fused-ring (bicyclic) bond motifs is 1. The van der Waals surface area contributed by atoms with Crippen LogP contribution in [0.5, 0.6) is 0 Å². The number of hydrogen-bond acceptors (Lipinski definition) is 3. The van der Waals surface area contributed by atoms with Crippen LogP contribution in [-0.2, 0) is 4.79 Å². The van der Waals surface area contributed by atoms with Gasteiger partial charge in [-0.05, 0) is 32.0 Å². The first-order valence-corrected chi connectivity index (χ1v) is 7.50. The molecule has 1 heterocycles. The topological polar surface area (TPSA) is 49.4 Å². The van der Waals surface area contributed by atoms with Gasteiger partial charge in [0, 0.05) is 23.5 Å². The Balaban J connectivity index is 2.24. The quantitative estimate of drug-likeness (QED) is 0.867. The second kappa shape index (κ2) is 6.13. The molecule has 1 aromatic carbocycles. The van der Waals surface area contributed by atoms with Gasteiger partial charge in [-0.15, -0.1) is 11.8 Å². The molecule has 0 atom stereocenters. The number of amides is 2. The van der Waals surface area contributed by atoms with E-state index in [9.17, 15) is 9.59 Å². The van der Waals surface area contributed by atoms with Gasteiger partial charge in [-0.25, -0.2) is 0 Å². The number of rotatable bonds is 4. The molecule has 0 aromatic heterocycles. The van der Waals surface area contributed by atoms with Crippen molar-refractivity contribution < 1.29 is 9.59 Å². The largest absolute Gasteiger partial charge is 0.335 e. The number of benzene rings is 1. The molecule has 2 rings (SSSR count). The van der Waals surface area contributed by atoms with E-state index < -0.39 is 0 Å². The van der Waals surface area contributed by atoms with E-state index in [1.54, 1.807) is 11.0 Å². The van der Waals surface area contributed by atoms with Crippen LogP contribution in [0.15, 0.2) is 35.2 Å². The molecule has 0 spiro atoms. The van der Waals surface area contributed by atoms with Gasteiger partial charge in [0.25, 0.3) is 5.91 Å². The summed E-state index contributed by atoms with van der Waals surface area (Å²) in [5.74, 6) is 0.362. The third kappa shape index (κ3) is 3.22. The Morgan fingerprint density at radius 3 is 2.90 bits per heavy atom. The molecule has 2 amide bonds. The van der Waals surface area contributed by atoms with Gasteiger partial charge in [0.2, 0.25) is 5.91 Å². The van der Waals surface area contributed by atoms with E-state index in [2.05, 4.69) is 11.9 Å². The van der Waals surface area contributed by atoms with Gasteiger partial charge >= 0.3 is 0 Å². The van der Waals surface area contributed by atoms with Crippen molar-refractivity contribution in [3.05, 3.63) is 35.9 Å². The van der Waals surface area contributed by atoms with Crippen molar-refractivity contribution in [3.63, 3.8) is 0 Å². The highest BCUT2D eigenvalue weighted by Gasteiger charge is 2.19. The maximum atomic E-state index is 12.4. The number of likely N-dealkylation sites (N-methyl/N-ethyl adjacent to an activating group) is 1. The summed E-state index contributed by atoms with van der Waals surface area (Å²) in [6.07, 6.45) is 0. The van der Waals surface area contributed by atoms with Crippen LogP contribution in [0.2, 0.25) is 0 Å². The molecule has 0 saturated heterocycles. The molecule has 1 aliphatic rings. The second-order valence-corrected chi connectivity index (χ2v) is 5.84. The fourth-order valence-corrected chi connectivity index (χ4v) is 2.84. The predicted molar refractivity (Wildman–Crippen MR) is 82.2 cm³/mol. The number of anilines is 1. The van der Waals surface area contributed by atoms with Crippen LogP contribution in [0.4, 0.5) is 5.69 Å². The van der Waals surface area contributed by atoms with Crippen molar-refractivity contribution in [1.29, 1.82) is 0 Å².